The number of hydrogen-bond donors (Lipinski definition) is 1. The van der Waals surface area contributed by atoms with Crippen LogP contribution in [0.5, 0.6) is 0 Å². The number of benzene rings is 2. The Bertz CT molecular complexity index is 1190. The maximum atomic E-state index is 12.0. The Morgan fingerprint density at radius 1 is 1.11 bits per heavy atom. The van der Waals surface area contributed by atoms with E-state index in [1.54, 1.807) is 18.4 Å². The Labute approximate surface area is 168 Å². The number of fused-ring (bicyclic) bond motifs is 1. The molecule has 4 aromatic rings. The second-order valence-electron chi connectivity index (χ2n) is 6.94. The van der Waals surface area contributed by atoms with Crippen LogP contribution in [0.15, 0.2) is 47.8 Å². The highest BCUT2D eigenvalue weighted by atomic mass is 32.1. The van der Waals surface area contributed by atoms with Gasteiger partial charge in [0.05, 0.1) is 11.0 Å². The van der Waals surface area contributed by atoms with Gasteiger partial charge < -0.3 is 9.88 Å². The number of aryl methyl sites for hydroxylation is 3. The van der Waals surface area contributed by atoms with E-state index in [9.17, 15) is 4.79 Å². The quantitative estimate of drug-likeness (QED) is 0.506. The predicted molar refractivity (Wildman–Crippen MR) is 117 cm³/mol. The van der Waals surface area contributed by atoms with Crippen molar-refractivity contribution in [2.24, 2.45) is 0 Å². The van der Waals surface area contributed by atoms with Gasteiger partial charge in [-0.3, -0.25) is 4.79 Å². The molecule has 28 heavy (non-hydrogen) atoms. The number of nitrogens with zero attached hydrogens (tertiary/aromatic N) is 2. The van der Waals surface area contributed by atoms with Crippen LogP contribution >= 0.6 is 11.3 Å². The van der Waals surface area contributed by atoms with E-state index in [2.05, 4.69) is 60.3 Å². The number of rotatable bonds is 4. The third-order valence-corrected chi connectivity index (χ3v) is 6.03. The highest BCUT2D eigenvalue weighted by molar-refractivity contribution is 7.14. The van der Waals surface area contributed by atoms with Crippen LogP contribution < -0.4 is 5.32 Å². The van der Waals surface area contributed by atoms with Crippen LogP contribution in [-0.2, 0) is 6.54 Å². The van der Waals surface area contributed by atoms with Gasteiger partial charge in [-0.15, -0.1) is 11.3 Å². The molecule has 0 saturated carbocycles. The summed E-state index contributed by atoms with van der Waals surface area (Å²) in [5.41, 5.74) is 7.43. The smallest absolute Gasteiger partial charge is 0.251 e. The lowest BCUT2D eigenvalue weighted by atomic mass is 10.0. The van der Waals surface area contributed by atoms with Crippen LogP contribution in [0.4, 0.5) is 0 Å². The highest BCUT2D eigenvalue weighted by Gasteiger charge is 2.18. The summed E-state index contributed by atoms with van der Waals surface area (Å²) in [6.45, 7) is 7.21. The summed E-state index contributed by atoms with van der Waals surface area (Å²) in [6, 6.07) is 14.4. The monoisotopic (exact) mass is 389 g/mol. The van der Waals surface area contributed by atoms with Crippen LogP contribution in [0, 0.1) is 13.8 Å². The summed E-state index contributed by atoms with van der Waals surface area (Å²) >= 11 is 1.74. The maximum Gasteiger partial charge on any atom is 0.251 e. The summed E-state index contributed by atoms with van der Waals surface area (Å²) < 4.78 is 2.22. The number of nitrogens with one attached hydrogen (secondary N) is 1. The molecule has 0 saturated heterocycles. The van der Waals surface area contributed by atoms with Gasteiger partial charge in [-0.25, -0.2) is 4.98 Å². The van der Waals surface area contributed by atoms with Gasteiger partial charge in [-0.05, 0) is 61.5 Å². The van der Waals surface area contributed by atoms with Crippen molar-refractivity contribution in [3.8, 4) is 21.8 Å². The average Bonchev–Trinajstić information content (AvgIpc) is 3.30. The van der Waals surface area contributed by atoms with Crippen molar-refractivity contribution >= 4 is 28.3 Å². The van der Waals surface area contributed by atoms with Gasteiger partial charge in [0.15, 0.2) is 0 Å². The number of carbonyl (C=O) groups excluding carboxylic acids is 1. The third kappa shape index (κ3) is 3.02. The lowest BCUT2D eigenvalue weighted by molar-refractivity contribution is 0.0963. The van der Waals surface area contributed by atoms with Gasteiger partial charge in [0.25, 0.3) is 5.91 Å². The normalized spacial score (nSPS) is 11.1. The molecule has 2 aromatic heterocycles. The minimum absolute atomic E-state index is 0.0963. The first-order valence-corrected chi connectivity index (χ1v) is 10.3. The van der Waals surface area contributed by atoms with Crippen LogP contribution in [0.3, 0.4) is 0 Å². The fraction of sp³-hybridized carbons (Fsp3) is 0.217. The molecule has 2 aromatic carbocycles. The minimum atomic E-state index is -0.0963. The van der Waals surface area contributed by atoms with Crippen LogP contribution in [0.25, 0.3) is 32.9 Å². The third-order valence-electron chi connectivity index (χ3n) is 5.09. The molecule has 0 aliphatic rings. The van der Waals surface area contributed by atoms with Crippen molar-refractivity contribution in [3.63, 3.8) is 0 Å². The molecule has 0 atom stereocenters. The van der Waals surface area contributed by atoms with E-state index in [0.717, 1.165) is 29.0 Å². The number of carbonyl (C=O) groups is 1. The van der Waals surface area contributed by atoms with E-state index in [1.165, 1.54) is 21.6 Å². The molecule has 142 valence electrons. The Morgan fingerprint density at radius 3 is 2.64 bits per heavy atom. The fourth-order valence-electron chi connectivity index (χ4n) is 3.70. The van der Waals surface area contributed by atoms with Crippen molar-refractivity contribution in [1.82, 2.24) is 14.9 Å². The second-order valence-corrected chi connectivity index (χ2v) is 7.86. The van der Waals surface area contributed by atoms with Crippen LogP contribution in [0.2, 0.25) is 0 Å². The molecular formula is C23H23N3OS. The van der Waals surface area contributed by atoms with E-state index in [-0.39, 0.29) is 5.91 Å². The number of amides is 1. The summed E-state index contributed by atoms with van der Waals surface area (Å²) in [7, 11) is 1.64. The molecule has 5 heteroatoms. The van der Waals surface area contributed by atoms with Crippen molar-refractivity contribution < 1.29 is 4.79 Å². The van der Waals surface area contributed by atoms with E-state index in [4.69, 9.17) is 4.98 Å². The van der Waals surface area contributed by atoms with E-state index in [0.29, 0.717) is 5.56 Å². The van der Waals surface area contributed by atoms with Crippen molar-refractivity contribution in [1.29, 1.82) is 0 Å². The Hall–Kier alpha value is -2.92. The SMILES string of the molecule is CCn1c(-c2ccsc2-c2ccc(C)cc2C)nc2cc(C(=O)NC)ccc21. The Kier molecular flexibility index (Phi) is 4.77. The molecule has 0 aliphatic heterocycles. The highest BCUT2D eigenvalue weighted by Crippen LogP contribution is 2.39. The standard InChI is InChI=1S/C23H23N3OS/c1-5-26-20-9-7-16(23(27)24-4)13-19(20)25-22(26)18-10-11-28-21(18)17-8-6-14(2)12-15(17)3/h6-13H,5H2,1-4H3,(H,24,27). The Balaban J connectivity index is 1.90. The van der Waals surface area contributed by atoms with Gasteiger partial charge in [0.1, 0.15) is 5.82 Å². The molecule has 1 N–H and O–H groups in total. The van der Waals surface area contributed by atoms with Crippen molar-refractivity contribution in [3.05, 3.63) is 64.5 Å². The Morgan fingerprint density at radius 2 is 1.93 bits per heavy atom. The first-order chi connectivity index (χ1) is 13.5. The summed E-state index contributed by atoms with van der Waals surface area (Å²) in [5, 5.41) is 4.80. The summed E-state index contributed by atoms with van der Waals surface area (Å²) in [6.07, 6.45) is 0. The molecular weight excluding hydrogens is 366 g/mol. The molecule has 0 unspecified atom stereocenters. The zero-order valence-electron chi connectivity index (χ0n) is 16.5. The van der Waals surface area contributed by atoms with Gasteiger partial charge in [0.2, 0.25) is 0 Å². The molecule has 0 aliphatic carbocycles. The lowest BCUT2D eigenvalue weighted by Crippen LogP contribution is -2.17. The van der Waals surface area contributed by atoms with E-state index in [1.807, 2.05) is 18.2 Å². The first kappa shape index (κ1) is 18.4. The number of aromatic nitrogens is 2. The molecule has 1 amide bonds. The summed E-state index contributed by atoms with van der Waals surface area (Å²) in [5.74, 6) is 0.851. The maximum absolute atomic E-state index is 12.0. The van der Waals surface area contributed by atoms with Crippen LogP contribution in [-0.4, -0.2) is 22.5 Å². The van der Waals surface area contributed by atoms with Gasteiger partial charge >= 0.3 is 0 Å². The molecule has 0 radical (unpaired) electrons. The number of imidazole rings is 1. The first-order valence-electron chi connectivity index (χ1n) is 9.41. The largest absolute Gasteiger partial charge is 0.355 e. The topological polar surface area (TPSA) is 46.9 Å². The molecule has 4 nitrogen and oxygen atoms in total. The van der Waals surface area contributed by atoms with Crippen molar-refractivity contribution in [2.45, 2.75) is 27.3 Å². The zero-order chi connectivity index (χ0) is 19.8. The van der Waals surface area contributed by atoms with Crippen molar-refractivity contribution in [2.75, 3.05) is 7.05 Å². The zero-order valence-corrected chi connectivity index (χ0v) is 17.4. The van der Waals surface area contributed by atoms with Gasteiger partial charge in [-0.2, -0.15) is 0 Å². The number of hydrogen-bond acceptors (Lipinski definition) is 3. The average molecular weight is 390 g/mol. The molecule has 4 rings (SSSR count). The number of thiophene rings is 1. The molecule has 0 bridgehead atoms. The van der Waals surface area contributed by atoms with Gasteiger partial charge in [-0.1, -0.05) is 23.8 Å². The predicted octanol–water partition coefficient (Wildman–Crippen LogP) is 5.43. The minimum Gasteiger partial charge on any atom is -0.355 e. The summed E-state index contributed by atoms with van der Waals surface area (Å²) in [4.78, 5) is 18.2. The van der Waals surface area contributed by atoms with E-state index < -0.39 is 0 Å². The van der Waals surface area contributed by atoms with Crippen LogP contribution in [0.1, 0.15) is 28.4 Å². The van der Waals surface area contributed by atoms with E-state index >= 15 is 0 Å². The second kappa shape index (κ2) is 7.24. The lowest BCUT2D eigenvalue weighted by Gasteiger charge is -2.10. The fourth-order valence-corrected chi connectivity index (χ4v) is 4.69. The molecule has 0 fully saturated rings. The molecule has 2 heterocycles. The molecule has 0 spiro atoms. The van der Waals surface area contributed by atoms with Gasteiger partial charge in [0, 0.05) is 29.6 Å².